The lowest BCUT2D eigenvalue weighted by atomic mass is 10.1. The van der Waals surface area contributed by atoms with Gasteiger partial charge < -0.3 is 10.0 Å². The number of aliphatic hydroxyl groups excluding tert-OH is 1. The molecule has 0 amide bonds. The van der Waals surface area contributed by atoms with Crippen molar-refractivity contribution in [3.8, 4) is 0 Å². The lowest BCUT2D eigenvalue weighted by Gasteiger charge is -2.18. The van der Waals surface area contributed by atoms with Gasteiger partial charge in [0.1, 0.15) is 5.82 Å². The summed E-state index contributed by atoms with van der Waals surface area (Å²) in [5.41, 5.74) is 1.98. The van der Waals surface area contributed by atoms with Crippen LogP contribution in [0.4, 0.5) is 5.82 Å². The van der Waals surface area contributed by atoms with E-state index < -0.39 is 6.10 Å². The average Bonchev–Trinajstić information content (AvgIpc) is 2.16. The molecule has 0 bridgehead atoms. The van der Waals surface area contributed by atoms with Crippen molar-refractivity contribution < 1.29 is 5.11 Å². The molecule has 1 N–H and O–H groups in total. The molecular formula is C11H18N2O. The molecule has 0 unspecified atom stereocenters. The van der Waals surface area contributed by atoms with E-state index in [-0.39, 0.29) is 0 Å². The third-order valence-corrected chi connectivity index (χ3v) is 2.39. The third-order valence-electron chi connectivity index (χ3n) is 2.39. The van der Waals surface area contributed by atoms with Crippen molar-refractivity contribution in [3.05, 3.63) is 23.4 Å². The molecule has 78 valence electrons. The summed E-state index contributed by atoms with van der Waals surface area (Å²) in [6, 6.07) is 1.99. The van der Waals surface area contributed by atoms with Gasteiger partial charge in [0.15, 0.2) is 0 Å². The standard InChI is InChI=1S/C11H18N2O/c1-5-13(4)11-8(2)6-10(7-12-11)9(3)14/h6-7,9,14H,5H2,1-4H3/t9-/m0/s1. The molecule has 0 saturated heterocycles. The van der Waals surface area contributed by atoms with E-state index in [0.29, 0.717) is 0 Å². The van der Waals surface area contributed by atoms with Crippen molar-refractivity contribution in [1.29, 1.82) is 0 Å². The monoisotopic (exact) mass is 194 g/mol. The molecule has 3 heteroatoms. The largest absolute Gasteiger partial charge is 0.389 e. The number of hydrogen-bond donors (Lipinski definition) is 1. The molecule has 0 spiro atoms. The minimum absolute atomic E-state index is 0.442. The van der Waals surface area contributed by atoms with Crippen LogP contribution in [0.3, 0.4) is 0 Å². The number of pyridine rings is 1. The van der Waals surface area contributed by atoms with E-state index in [1.165, 1.54) is 0 Å². The van der Waals surface area contributed by atoms with Gasteiger partial charge in [-0.15, -0.1) is 0 Å². The number of hydrogen-bond acceptors (Lipinski definition) is 3. The molecule has 0 aliphatic rings. The number of rotatable bonds is 3. The SMILES string of the molecule is CCN(C)c1ncc([C@H](C)O)cc1C. The summed E-state index contributed by atoms with van der Waals surface area (Å²) in [4.78, 5) is 6.42. The van der Waals surface area contributed by atoms with Gasteiger partial charge in [0, 0.05) is 19.8 Å². The summed E-state index contributed by atoms with van der Waals surface area (Å²) >= 11 is 0. The molecule has 0 radical (unpaired) electrons. The van der Waals surface area contributed by atoms with Crippen LogP contribution in [0.15, 0.2) is 12.3 Å². The van der Waals surface area contributed by atoms with E-state index in [9.17, 15) is 5.11 Å². The Morgan fingerprint density at radius 2 is 2.21 bits per heavy atom. The highest BCUT2D eigenvalue weighted by atomic mass is 16.3. The number of nitrogens with zero attached hydrogens (tertiary/aromatic N) is 2. The molecule has 14 heavy (non-hydrogen) atoms. The van der Waals surface area contributed by atoms with Crippen molar-refractivity contribution in [3.63, 3.8) is 0 Å². The van der Waals surface area contributed by atoms with E-state index in [2.05, 4.69) is 16.8 Å². The first-order valence-electron chi connectivity index (χ1n) is 4.92. The van der Waals surface area contributed by atoms with Crippen LogP contribution >= 0.6 is 0 Å². The van der Waals surface area contributed by atoms with Gasteiger partial charge in [0.2, 0.25) is 0 Å². The Morgan fingerprint density at radius 3 is 2.64 bits per heavy atom. The van der Waals surface area contributed by atoms with Crippen LogP contribution in [0.2, 0.25) is 0 Å². The van der Waals surface area contributed by atoms with Crippen LogP contribution in [0.1, 0.15) is 31.1 Å². The molecule has 1 heterocycles. The molecule has 0 fully saturated rings. The predicted molar refractivity (Wildman–Crippen MR) is 58.6 cm³/mol. The number of aliphatic hydroxyl groups is 1. The van der Waals surface area contributed by atoms with Crippen molar-refractivity contribution >= 4 is 5.82 Å². The number of aryl methyl sites for hydroxylation is 1. The Bertz CT molecular complexity index is 310. The molecular weight excluding hydrogens is 176 g/mol. The number of aromatic nitrogens is 1. The fourth-order valence-corrected chi connectivity index (χ4v) is 1.37. The first kappa shape index (κ1) is 11.0. The molecule has 1 rings (SSSR count). The molecule has 0 aliphatic carbocycles. The van der Waals surface area contributed by atoms with Crippen molar-refractivity contribution in [2.45, 2.75) is 26.9 Å². The minimum Gasteiger partial charge on any atom is -0.389 e. The highest BCUT2D eigenvalue weighted by Gasteiger charge is 2.07. The van der Waals surface area contributed by atoms with Gasteiger partial charge in [-0.1, -0.05) is 0 Å². The highest BCUT2D eigenvalue weighted by Crippen LogP contribution is 2.19. The second-order valence-electron chi connectivity index (χ2n) is 3.60. The van der Waals surface area contributed by atoms with Gasteiger partial charge in [-0.2, -0.15) is 0 Å². The molecule has 3 nitrogen and oxygen atoms in total. The lowest BCUT2D eigenvalue weighted by molar-refractivity contribution is 0.199. The fraction of sp³-hybridized carbons (Fsp3) is 0.545. The molecule has 0 aromatic carbocycles. The van der Waals surface area contributed by atoms with E-state index in [0.717, 1.165) is 23.5 Å². The van der Waals surface area contributed by atoms with E-state index in [4.69, 9.17) is 0 Å². The Balaban J connectivity index is 3.01. The molecule has 1 aromatic rings. The van der Waals surface area contributed by atoms with Crippen LogP contribution in [-0.4, -0.2) is 23.7 Å². The summed E-state index contributed by atoms with van der Waals surface area (Å²) in [6.45, 7) is 6.78. The smallest absolute Gasteiger partial charge is 0.131 e. The zero-order valence-corrected chi connectivity index (χ0v) is 9.28. The zero-order chi connectivity index (χ0) is 10.7. The van der Waals surface area contributed by atoms with Crippen molar-refractivity contribution in [2.24, 2.45) is 0 Å². The quantitative estimate of drug-likeness (QED) is 0.798. The Morgan fingerprint density at radius 1 is 1.57 bits per heavy atom. The molecule has 1 atom stereocenters. The topological polar surface area (TPSA) is 36.4 Å². The molecule has 0 saturated carbocycles. The maximum absolute atomic E-state index is 9.38. The van der Waals surface area contributed by atoms with Crippen LogP contribution in [-0.2, 0) is 0 Å². The second kappa shape index (κ2) is 4.42. The van der Waals surface area contributed by atoms with Gasteiger partial charge in [-0.25, -0.2) is 4.98 Å². The predicted octanol–water partition coefficient (Wildman–Crippen LogP) is 1.90. The third kappa shape index (κ3) is 2.23. The summed E-state index contributed by atoms with van der Waals surface area (Å²) in [7, 11) is 2.01. The summed E-state index contributed by atoms with van der Waals surface area (Å²) in [6.07, 6.45) is 1.29. The minimum atomic E-state index is -0.442. The van der Waals surface area contributed by atoms with E-state index >= 15 is 0 Å². The van der Waals surface area contributed by atoms with Gasteiger partial charge in [-0.05, 0) is 38.0 Å². The van der Waals surface area contributed by atoms with Crippen LogP contribution in [0.25, 0.3) is 0 Å². The highest BCUT2D eigenvalue weighted by molar-refractivity contribution is 5.46. The van der Waals surface area contributed by atoms with Gasteiger partial charge >= 0.3 is 0 Å². The lowest BCUT2D eigenvalue weighted by Crippen LogP contribution is -2.18. The molecule has 0 aliphatic heterocycles. The van der Waals surface area contributed by atoms with Gasteiger partial charge in [0.05, 0.1) is 6.10 Å². The maximum atomic E-state index is 9.38. The summed E-state index contributed by atoms with van der Waals surface area (Å²) < 4.78 is 0. The Kier molecular flexibility index (Phi) is 3.47. The van der Waals surface area contributed by atoms with Crippen molar-refractivity contribution in [1.82, 2.24) is 4.98 Å². The first-order chi connectivity index (χ1) is 6.56. The van der Waals surface area contributed by atoms with Crippen LogP contribution in [0.5, 0.6) is 0 Å². The van der Waals surface area contributed by atoms with Gasteiger partial charge in [0.25, 0.3) is 0 Å². The fourth-order valence-electron chi connectivity index (χ4n) is 1.37. The molecule has 1 aromatic heterocycles. The average molecular weight is 194 g/mol. The summed E-state index contributed by atoms with van der Waals surface area (Å²) in [5.74, 6) is 0.983. The zero-order valence-electron chi connectivity index (χ0n) is 9.28. The van der Waals surface area contributed by atoms with E-state index in [1.54, 1.807) is 13.1 Å². The Labute approximate surface area is 85.4 Å². The van der Waals surface area contributed by atoms with Crippen LogP contribution < -0.4 is 4.90 Å². The second-order valence-corrected chi connectivity index (χ2v) is 3.60. The first-order valence-corrected chi connectivity index (χ1v) is 4.92. The van der Waals surface area contributed by atoms with Crippen molar-refractivity contribution in [2.75, 3.05) is 18.5 Å². The summed E-state index contributed by atoms with van der Waals surface area (Å²) in [5, 5.41) is 9.38. The van der Waals surface area contributed by atoms with E-state index in [1.807, 2.05) is 20.0 Å². The Hall–Kier alpha value is -1.09. The van der Waals surface area contributed by atoms with Crippen LogP contribution in [0, 0.1) is 6.92 Å². The maximum Gasteiger partial charge on any atom is 0.131 e. The van der Waals surface area contributed by atoms with Gasteiger partial charge in [-0.3, -0.25) is 0 Å². The normalized spacial score (nSPS) is 12.6. The number of anilines is 1.